The number of azide groups is 1. The molecule has 11 atom stereocenters. The van der Waals surface area contributed by atoms with Crippen molar-refractivity contribution in [1.82, 2.24) is 0 Å². The number of nitro benzene ring substituents is 1. The topological polar surface area (TPSA) is 270 Å². The number of aliphatic carboxylic acids is 1. The molecule has 0 radical (unpaired) electrons. The number of carbonyl (C=O) groups excluding carboxylic acids is 1. The molecule has 2 fully saturated rings. The first kappa shape index (κ1) is 30.4. The number of carboxylic acid groups (broad SMARTS) is 1. The highest BCUT2D eigenvalue weighted by Crippen LogP contribution is 2.39. The van der Waals surface area contributed by atoms with Crippen LogP contribution >= 0.6 is 0 Å². The Morgan fingerprint density at radius 1 is 1.31 bits per heavy atom. The third-order valence-electron chi connectivity index (χ3n) is 6.70. The minimum Gasteiger partial charge on any atom is -0.544 e. The van der Waals surface area contributed by atoms with Gasteiger partial charge in [-0.15, -0.1) is 0 Å². The lowest BCUT2D eigenvalue weighted by molar-refractivity contribution is -0.403. The Labute approximate surface area is 220 Å². The summed E-state index contributed by atoms with van der Waals surface area (Å²) >= 11 is 0. The number of hydrogen-bond donors (Lipinski definition) is 5. The van der Waals surface area contributed by atoms with Gasteiger partial charge in [0.15, 0.2) is 0 Å². The zero-order valence-corrected chi connectivity index (χ0v) is 20.8. The van der Waals surface area contributed by atoms with E-state index in [0.717, 1.165) is 12.1 Å². The van der Waals surface area contributed by atoms with E-state index < -0.39 is 90.7 Å². The first-order chi connectivity index (χ1) is 18.3. The molecule has 0 aliphatic carbocycles. The molecule has 5 N–H and O–H groups in total. The highest BCUT2D eigenvalue weighted by atomic mass is 16.7. The van der Waals surface area contributed by atoms with E-state index in [1.165, 1.54) is 26.0 Å². The minimum absolute atomic E-state index is 0.0153. The Morgan fingerprint density at radius 3 is 2.46 bits per heavy atom. The number of nitro groups is 1. The van der Waals surface area contributed by atoms with E-state index in [9.17, 15) is 45.5 Å². The van der Waals surface area contributed by atoms with E-state index >= 15 is 0 Å². The number of rotatable bonds is 10. The van der Waals surface area contributed by atoms with Crippen molar-refractivity contribution in [2.75, 3.05) is 6.61 Å². The van der Waals surface area contributed by atoms with Crippen LogP contribution in [0.3, 0.4) is 0 Å². The molecule has 2 aliphatic heterocycles. The van der Waals surface area contributed by atoms with Gasteiger partial charge in [0.05, 0.1) is 35.9 Å². The Bertz CT molecular complexity index is 1070. The van der Waals surface area contributed by atoms with Gasteiger partial charge in [-0.2, -0.15) is 0 Å². The Balaban J connectivity index is 1.93. The van der Waals surface area contributed by atoms with E-state index in [1.807, 2.05) is 0 Å². The maximum atomic E-state index is 12.4. The molecule has 0 aromatic heterocycles. The fourth-order valence-corrected chi connectivity index (χ4v) is 4.48. The van der Waals surface area contributed by atoms with Gasteiger partial charge in [-0.3, -0.25) is 10.1 Å². The van der Waals surface area contributed by atoms with Crippen molar-refractivity contribution in [3.8, 4) is 5.75 Å². The van der Waals surface area contributed by atoms with Crippen LogP contribution in [0.1, 0.15) is 20.3 Å². The van der Waals surface area contributed by atoms with Gasteiger partial charge < -0.3 is 54.4 Å². The number of nitrogens with zero attached hydrogens (tertiary/aromatic N) is 4. The highest BCUT2D eigenvalue weighted by Gasteiger charge is 2.55. The molecular formula is C22H29N4O13-. The molecule has 1 aromatic carbocycles. The van der Waals surface area contributed by atoms with Crippen LogP contribution in [0.2, 0.25) is 0 Å². The zero-order valence-electron chi connectivity index (χ0n) is 20.8. The smallest absolute Gasteiger partial charge is 0.269 e. The van der Waals surface area contributed by atoms with E-state index in [0.29, 0.717) is 0 Å². The molecule has 17 nitrogen and oxygen atoms in total. The molecule has 0 amide bonds. The van der Waals surface area contributed by atoms with Crippen molar-refractivity contribution in [2.24, 2.45) is 11.0 Å². The van der Waals surface area contributed by atoms with Crippen LogP contribution < -0.4 is 9.84 Å². The second kappa shape index (κ2) is 12.4. The average molecular weight is 557 g/mol. The van der Waals surface area contributed by atoms with Crippen LogP contribution in [-0.2, 0) is 19.0 Å². The summed E-state index contributed by atoms with van der Waals surface area (Å²) in [6.07, 6.45) is -13.7. The van der Waals surface area contributed by atoms with Gasteiger partial charge in [-0.1, -0.05) is 12.0 Å². The first-order valence-electron chi connectivity index (χ1n) is 11.9. The lowest BCUT2D eigenvalue weighted by atomic mass is 9.83. The van der Waals surface area contributed by atoms with Crippen molar-refractivity contribution in [3.05, 3.63) is 44.8 Å². The van der Waals surface area contributed by atoms with Gasteiger partial charge in [-0.05, 0) is 24.6 Å². The van der Waals surface area contributed by atoms with Gasteiger partial charge in [-0.25, -0.2) is 0 Å². The SMILES string of the molecule is C[C@@H](O)[C@@H](N=[N+]=[N-])C1O[C@@](O[C@@H]2C(O)[C@H](Oc3ccc([N+](=O)[O-])cc3)OC(CO)[C@@H]2O)(C(=O)[O-])C[C@@H](O)[C@H]1C. The van der Waals surface area contributed by atoms with Gasteiger partial charge in [0.1, 0.15) is 36.1 Å². The van der Waals surface area contributed by atoms with Crippen LogP contribution in [0.15, 0.2) is 29.4 Å². The summed E-state index contributed by atoms with van der Waals surface area (Å²) in [7, 11) is 0. The Morgan fingerprint density at radius 2 is 1.95 bits per heavy atom. The molecule has 39 heavy (non-hydrogen) atoms. The molecule has 1 aromatic rings. The number of ether oxygens (including phenoxy) is 4. The number of benzene rings is 1. The van der Waals surface area contributed by atoms with Gasteiger partial charge in [0.25, 0.3) is 5.69 Å². The van der Waals surface area contributed by atoms with Crippen LogP contribution in [0.25, 0.3) is 10.4 Å². The number of carbonyl (C=O) groups is 1. The summed E-state index contributed by atoms with van der Waals surface area (Å²) in [5.41, 5.74) is 8.66. The summed E-state index contributed by atoms with van der Waals surface area (Å²) in [5, 5.41) is 78.8. The van der Waals surface area contributed by atoms with Crippen molar-refractivity contribution in [1.29, 1.82) is 0 Å². The average Bonchev–Trinajstić information content (AvgIpc) is 2.89. The second-order valence-corrected chi connectivity index (χ2v) is 9.35. The number of aliphatic hydroxyl groups is 5. The summed E-state index contributed by atoms with van der Waals surface area (Å²) in [6, 6.07) is 3.26. The molecule has 2 saturated heterocycles. The largest absolute Gasteiger partial charge is 0.544 e. The standard InChI is InChI=1S/C22H30N4O13/c1-9-13(29)7-22(21(32)33,38-18(9)15(10(2)28)24-25-23)39-19-16(30)14(8-27)37-20(17(19)31)36-12-5-3-11(4-6-12)26(34)35/h3-6,9-10,13-20,27-31H,7-8H2,1-2H3,(H,32,33)/p-1/t9-,10-,13-,14?,15-,16+,17?,18?,19+,20-,22+/m1/s1. The number of hydrogen-bond acceptors (Lipinski definition) is 14. The fourth-order valence-electron chi connectivity index (χ4n) is 4.48. The summed E-state index contributed by atoms with van der Waals surface area (Å²) in [5.74, 6) is -5.71. The molecule has 2 aliphatic rings. The third kappa shape index (κ3) is 6.38. The number of carboxylic acids is 1. The summed E-state index contributed by atoms with van der Waals surface area (Å²) in [4.78, 5) is 25.2. The van der Waals surface area contributed by atoms with Gasteiger partial charge in [0, 0.05) is 29.4 Å². The lowest BCUT2D eigenvalue weighted by Crippen LogP contribution is -2.68. The second-order valence-electron chi connectivity index (χ2n) is 9.35. The molecule has 2 heterocycles. The molecular weight excluding hydrogens is 528 g/mol. The van der Waals surface area contributed by atoms with Gasteiger partial charge >= 0.3 is 0 Å². The number of non-ortho nitro benzene ring substituents is 1. The van der Waals surface area contributed by atoms with Crippen LogP contribution in [-0.4, -0.2) is 104 Å². The summed E-state index contributed by atoms with van der Waals surface area (Å²) in [6.45, 7) is 1.90. The third-order valence-corrected chi connectivity index (χ3v) is 6.70. The molecule has 17 heteroatoms. The van der Waals surface area contributed by atoms with Crippen molar-refractivity contribution in [2.45, 2.75) is 81.1 Å². The number of aliphatic hydroxyl groups excluding tert-OH is 5. The Kier molecular flexibility index (Phi) is 9.65. The van der Waals surface area contributed by atoms with Gasteiger partial charge in [0.2, 0.25) is 12.1 Å². The minimum atomic E-state index is -2.82. The first-order valence-corrected chi connectivity index (χ1v) is 11.9. The van der Waals surface area contributed by atoms with Crippen molar-refractivity contribution >= 4 is 11.7 Å². The normalized spacial score (nSPS) is 36.3. The van der Waals surface area contributed by atoms with Crippen molar-refractivity contribution < 1.29 is 59.3 Å². The van der Waals surface area contributed by atoms with Crippen LogP contribution in [0.5, 0.6) is 5.75 Å². The Hall–Kier alpha value is -3.12. The molecule has 0 saturated carbocycles. The molecule has 216 valence electrons. The maximum absolute atomic E-state index is 12.4. The lowest BCUT2D eigenvalue weighted by Gasteiger charge is -2.51. The van der Waals surface area contributed by atoms with E-state index in [4.69, 9.17) is 24.5 Å². The predicted molar refractivity (Wildman–Crippen MR) is 123 cm³/mol. The van der Waals surface area contributed by atoms with Crippen LogP contribution in [0.4, 0.5) is 5.69 Å². The fraction of sp³-hybridized carbons (Fsp3) is 0.682. The van der Waals surface area contributed by atoms with E-state index in [2.05, 4.69) is 10.0 Å². The van der Waals surface area contributed by atoms with Crippen molar-refractivity contribution in [3.63, 3.8) is 0 Å². The highest BCUT2D eigenvalue weighted by molar-refractivity contribution is 5.73. The molecule has 3 unspecified atom stereocenters. The molecule has 3 rings (SSSR count). The predicted octanol–water partition coefficient (Wildman–Crippen LogP) is -1.91. The van der Waals surface area contributed by atoms with E-state index in [-0.39, 0.29) is 11.4 Å². The quantitative estimate of drug-likeness (QED) is 0.0691. The van der Waals surface area contributed by atoms with E-state index in [1.54, 1.807) is 0 Å². The monoisotopic (exact) mass is 557 g/mol. The maximum Gasteiger partial charge on any atom is 0.269 e. The van der Waals surface area contributed by atoms with Crippen LogP contribution in [0, 0.1) is 16.0 Å². The zero-order chi connectivity index (χ0) is 29.1. The molecule has 0 bridgehead atoms. The summed E-state index contributed by atoms with van der Waals surface area (Å²) < 4.78 is 22.2. The molecule has 0 spiro atoms.